The molecule has 3 aromatic rings. The summed E-state index contributed by atoms with van der Waals surface area (Å²) in [5.41, 5.74) is 1.05. The van der Waals surface area contributed by atoms with Crippen molar-refractivity contribution in [3.63, 3.8) is 0 Å². The van der Waals surface area contributed by atoms with Crippen LogP contribution in [0.15, 0.2) is 59.4 Å². The number of benzene rings is 2. The van der Waals surface area contributed by atoms with E-state index in [0.717, 1.165) is 24.8 Å². The molecular formula is C21H21N3O3. The molecule has 6 nitrogen and oxygen atoms in total. The normalized spacial score (nSPS) is 19.3. The van der Waals surface area contributed by atoms with Crippen molar-refractivity contribution in [2.24, 2.45) is 0 Å². The number of amides is 1. The number of H-pyrrole nitrogens is 1. The number of nitrogens with one attached hydrogen (secondary N) is 2. The number of nitrogens with zero attached hydrogens (tertiary/aromatic N) is 1. The third kappa shape index (κ3) is 3.75. The minimum Gasteiger partial charge on any atom is -0.371 e. The van der Waals surface area contributed by atoms with Gasteiger partial charge in [-0.15, -0.1) is 0 Å². The van der Waals surface area contributed by atoms with Crippen molar-refractivity contribution in [3.8, 4) is 0 Å². The van der Waals surface area contributed by atoms with E-state index in [0.29, 0.717) is 17.4 Å². The second-order valence-electron chi connectivity index (χ2n) is 6.79. The van der Waals surface area contributed by atoms with Gasteiger partial charge in [-0.1, -0.05) is 48.5 Å². The number of fused-ring (bicyclic) bond motifs is 1. The number of aromatic nitrogens is 2. The molecule has 138 valence electrons. The van der Waals surface area contributed by atoms with Gasteiger partial charge in [-0.05, 0) is 30.9 Å². The van der Waals surface area contributed by atoms with E-state index in [2.05, 4.69) is 15.5 Å². The van der Waals surface area contributed by atoms with Crippen molar-refractivity contribution in [2.75, 3.05) is 0 Å². The van der Waals surface area contributed by atoms with Crippen LogP contribution in [0.1, 0.15) is 35.3 Å². The first-order chi connectivity index (χ1) is 13.2. The van der Waals surface area contributed by atoms with Crippen molar-refractivity contribution < 1.29 is 9.53 Å². The van der Waals surface area contributed by atoms with E-state index in [4.69, 9.17) is 4.74 Å². The Kier molecular flexibility index (Phi) is 4.98. The summed E-state index contributed by atoms with van der Waals surface area (Å²) in [5.74, 6) is -0.289. The van der Waals surface area contributed by atoms with E-state index >= 15 is 0 Å². The Bertz CT molecular complexity index is 1000. The van der Waals surface area contributed by atoms with Crippen LogP contribution in [0.5, 0.6) is 0 Å². The van der Waals surface area contributed by atoms with Gasteiger partial charge in [0.1, 0.15) is 0 Å². The zero-order valence-electron chi connectivity index (χ0n) is 14.9. The van der Waals surface area contributed by atoms with E-state index in [1.54, 1.807) is 24.3 Å². The topological polar surface area (TPSA) is 84.1 Å². The van der Waals surface area contributed by atoms with Gasteiger partial charge in [-0.3, -0.25) is 9.59 Å². The Labute approximate surface area is 156 Å². The molecule has 1 aliphatic carbocycles. The van der Waals surface area contributed by atoms with Gasteiger partial charge in [-0.25, -0.2) is 5.10 Å². The Morgan fingerprint density at radius 2 is 1.81 bits per heavy atom. The number of hydrogen-bond acceptors (Lipinski definition) is 4. The number of aromatic amines is 1. The van der Waals surface area contributed by atoms with Crippen molar-refractivity contribution in [3.05, 3.63) is 76.2 Å². The molecule has 0 radical (unpaired) electrons. The minimum atomic E-state index is -0.299. The van der Waals surface area contributed by atoms with Crippen molar-refractivity contribution in [1.82, 2.24) is 15.5 Å². The number of ether oxygens (including phenoxy) is 1. The first-order valence-corrected chi connectivity index (χ1v) is 9.16. The lowest BCUT2D eigenvalue weighted by Crippen LogP contribution is -2.41. The minimum absolute atomic E-state index is 0.0248. The highest BCUT2D eigenvalue weighted by atomic mass is 16.5. The average Bonchev–Trinajstić information content (AvgIpc) is 3.14. The van der Waals surface area contributed by atoms with Gasteiger partial charge in [0.15, 0.2) is 5.69 Å². The molecule has 4 rings (SSSR count). The summed E-state index contributed by atoms with van der Waals surface area (Å²) < 4.78 is 6.05. The highest BCUT2D eigenvalue weighted by Crippen LogP contribution is 2.24. The molecule has 1 saturated carbocycles. The number of rotatable bonds is 5. The van der Waals surface area contributed by atoms with Gasteiger partial charge < -0.3 is 10.1 Å². The van der Waals surface area contributed by atoms with Crippen LogP contribution >= 0.6 is 0 Å². The average molecular weight is 363 g/mol. The fourth-order valence-corrected chi connectivity index (χ4v) is 3.59. The van der Waals surface area contributed by atoms with Crippen LogP contribution in [-0.4, -0.2) is 28.3 Å². The number of carbonyl (C=O) groups excluding carboxylic acids is 1. The molecule has 1 amide bonds. The Balaban J connectivity index is 1.47. The maximum absolute atomic E-state index is 12.8. The smallest absolute Gasteiger partial charge is 0.272 e. The van der Waals surface area contributed by atoms with Crippen LogP contribution in [0.3, 0.4) is 0 Å². The SMILES string of the molecule is O=C(N[C@@H]1CCC[C@H]1OCc1ccccc1)c1n[nH]c(=O)c2ccccc12. The molecule has 0 saturated heterocycles. The van der Waals surface area contributed by atoms with Crippen LogP contribution in [-0.2, 0) is 11.3 Å². The number of hydrogen-bond donors (Lipinski definition) is 2. The van der Waals surface area contributed by atoms with Gasteiger partial charge in [0.05, 0.1) is 24.1 Å². The van der Waals surface area contributed by atoms with Gasteiger partial charge in [0.25, 0.3) is 11.5 Å². The molecule has 27 heavy (non-hydrogen) atoms. The van der Waals surface area contributed by atoms with Crippen molar-refractivity contribution >= 4 is 16.7 Å². The quantitative estimate of drug-likeness (QED) is 0.730. The lowest BCUT2D eigenvalue weighted by Gasteiger charge is -2.21. The van der Waals surface area contributed by atoms with E-state index in [1.165, 1.54) is 0 Å². The summed E-state index contributed by atoms with van der Waals surface area (Å²) in [6.07, 6.45) is 2.76. The molecule has 2 N–H and O–H groups in total. The molecule has 0 spiro atoms. The van der Waals surface area contributed by atoms with E-state index < -0.39 is 0 Å². The van der Waals surface area contributed by atoms with E-state index in [-0.39, 0.29) is 29.3 Å². The predicted octanol–water partition coefficient (Wildman–Crippen LogP) is 2.79. The molecular weight excluding hydrogens is 342 g/mol. The summed E-state index contributed by atoms with van der Waals surface area (Å²) in [7, 11) is 0. The third-order valence-electron chi connectivity index (χ3n) is 4.99. The highest BCUT2D eigenvalue weighted by molar-refractivity contribution is 6.04. The molecule has 2 aromatic carbocycles. The summed E-state index contributed by atoms with van der Waals surface area (Å²) in [5, 5.41) is 10.4. The first kappa shape index (κ1) is 17.4. The van der Waals surface area contributed by atoms with E-state index in [9.17, 15) is 9.59 Å². The van der Waals surface area contributed by atoms with Crippen LogP contribution in [0.25, 0.3) is 10.8 Å². The third-order valence-corrected chi connectivity index (χ3v) is 4.99. The maximum atomic E-state index is 12.8. The zero-order valence-corrected chi connectivity index (χ0v) is 14.9. The van der Waals surface area contributed by atoms with Crippen molar-refractivity contribution in [2.45, 2.75) is 38.0 Å². The maximum Gasteiger partial charge on any atom is 0.272 e. The van der Waals surface area contributed by atoms with Gasteiger partial charge in [-0.2, -0.15) is 5.10 Å². The summed E-state index contributed by atoms with van der Waals surface area (Å²) in [6, 6.07) is 16.9. The summed E-state index contributed by atoms with van der Waals surface area (Å²) in [4.78, 5) is 24.7. The molecule has 2 atom stereocenters. The fourth-order valence-electron chi connectivity index (χ4n) is 3.59. The molecule has 0 aliphatic heterocycles. The zero-order chi connectivity index (χ0) is 18.6. The Hall–Kier alpha value is -2.99. The second-order valence-corrected chi connectivity index (χ2v) is 6.79. The molecule has 1 fully saturated rings. The van der Waals surface area contributed by atoms with Crippen LogP contribution in [0, 0.1) is 0 Å². The first-order valence-electron chi connectivity index (χ1n) is 9.16. The van der Waals surface area contributed by atoms with Crippen LogP contribution < -0.4 is 10.9 Å². The standard InChI is InChI=1S/C21H21N3O3/c25-20-16-10-5-4-9-15(16)19(23-24-20)21(26)22-17-11-6-12-18(17)27-13-14-7-2-1-3-8-14/h1-5,7-10,17-18H,6,11-13H2,(H,22,26)(H,24,25)/t17-,18-/m1/s1. The lowest BCUT2D eigenvalue weighted by atomic mass is 10.1. The molecule has 1 heterocycles. The highest BCUT2D eigenvalue weighted by Gasteiger charge is 2.30. The Morgan fingerprint density at radius 1 is 1.07 bits per heavy atom. The molecule has 0 unspecified atom stereocenters. The van der Waals surface area contributed by atoms with Crippen LogP contribution in [0.2, 0.25) is 0 Å². The van der Waals surface area contributed by atoms with Gasteiger partial charge in [0, 0.05) is 5.39 Å². The van der Waals surface area contributed by atoms with Gasteiger partial charge >= 0.3 is 0 Å². The molecule has 1 aliphatic rings. The summed E-state index contributed by atoms with van der Waals surface area (Å²) in [6.45, 7) is 0.526. The summed E-state index contributed by atoms with van der Waals surface area (Å²) >= 11 is 0. The van der Waals surface area contributed by atoms with Crippen molar-refractivity contribution in [1.29, 1.82) is 0 Å². The lowest BCUT2D eigenvalue weighted by molar-refractivity contribution is 0.0271. The van der Waals surface area contributed by atoms with Gasteiger partial charge in [0.2, 0.25) is 0 Å². The monoisotopic (exact) mass is 363 g/mol. The largest absolute Gasteiger partial charge is 0.371 e. The Morgan fingerprint density at radius 3 is 2.63 bits per heavy atom. The van der Waals surface area contributed by atoms with E-state index in [1.807, 2.05) is 30.3 Å². The predicted molar refractivity (Wildman–Crippen MR) is 102 cm³/mol. The second kappa shape index (κ2) is 7.72. The van der Waals surface area contributed by atoms with Crippen LogP contribution in [0.4, 0.5) is 0 Å². The molecule has 6 heteroatoms. The fraction of sp³-hybridized carbons (Fsp3) is 0.286. The number of carbonyl (C=O) groups is 1. The molecule has 0 bridgehead atoms. The molecule has 1 aromatic heterocycles.